The van der Waals surface area contributed by atoms with Crippen molar-refractivity contribution in [2.75, 3.05) is 5.73 Å². The van der Waals surface area contributed by atoms with Crippen molar-refractivity contribution >= 4 is 5.82 Å². The predicted octanol–water partition coefficient (Wildman–Crippen LogP) is 3.48. The van der Waals surface area contributed by atoms with Gasteiger partial charge >= 0.3 is 0 Å². The number of pyridine rings is 1. The van der Waals surface area contributed by atoms with Gasteiger partial charge in [0.05, 0.1) is 5.69 Å². The van der Waals surface area contributed by atoms with Crippen LogP contribution in [0.1, 0.15) is 5.56 Å². The van der Waals surface area contributed by atoms with Gasteiger partial charge in [0.2, 0.25) is 0 Å². The standard InChI is InChI=1S/C16H10F2N4/c17-10-1-2-14(18)12(5-10)11-6-15(9-3-4-21-8-9)22-16(20)13(11)7-19/h1-6,8,21H,(H2,20,22). The number of anilines is 1. The monoisotopic (exact) mass is 296 g/mol. The third kappa shape index (κ3) is 2.29. The summed E-state index contributed by atoms with van der Waals surface area (Å²) in [6, 6.07) is 8.25. The van der Waals surface area contributed by atoms with Crippen molar-refractivity contribution in [3.63, 3.8) is 0 Å². The molecular formula is C16H10F2N4. The smallest absolute Gasteiger partial charge is 0.142 e. The van der Waals surface area contributed by atoms with Gasteiger partial charge in [0.15, 0.2) is 0 Å². The fourth-order valence-electron chi connectivity index (χ4n) is 2.23. The van der Waals surface area contributed by atoms with E-state index in [0.29, 0.717) is 5.69 Å². The van der Waals surface area contributed by atoms with Gasteiger partial charge < -0.3 is 10.7 Å². The second kappa shape index (κ2) is 5.30. The number of benzene rings is 1. The molecule has 0 fully saturated rings. The van der Waals surface area contributed by atoms with Crippen LogP contribution in [0.5, 0.6) is 0 Å². The summed E-state index contributed by atoms with van der Waals surface area (Å²) < 4.78 is 27.5. The van der Waals surface area contributed by atoms with Gasteiger partial charge in [-0.3, -0.25) is 0 Å². The molecule has 2 aromatic heterocycles. The summed E-state index contributed by atoms with van der Waals surface area (Å²) in [5.41, 5.74) is 7.21. The molecule has 4 nitrogen and oxygen atoms in total. The summed E-state index contributed by atoms with van der Waals surface area (Å²) in [6.45, 7) is 0. The SMILES string of the molecule is N#Cc1c(-c2cc(F)ccc2F)cc(-c2cc[nH]c2)nc1N. The van der Waals surface area contributed by atoms with E-state index < -0.39 is 11.6 Å². The number of nitrogens with zero attached hydrogens (tertiary/aromatic N) is 2. The fourth-order valence-corrected chi connectivity index (χ4v) is 2.23. The highest BCUT2D eigenvalue weighted by atomic mass is 19.1. The Morgan fingerprint density at radius 1 is 1.14 bits per heavy atom. The average Bonchev–Trinajstić information content (AvgIpc) is 3.03. The maximum absolute atomic E-state index is 14.0. The number of hydrogen-bond donors (Lipinski definition) is 2. The first-order valence-electron chi connectivity index (χ1n) is 6.39. The molecular weight excluding hydrogens is 286 g/mol. The van der Waals surface area contributed by atoms with Gasteiger partial charge in [0, 0.05) is 29.1 Å². The molecule has 0 amide bonds. The summed E-state index contributed by atoms with van der Waals surface area (Å²) in [5.74, 6) is -1.26. The van der Waals surface area contributed by atoms with Crippen LogP contribution >= 0.6 is 0 Å². The van der Waals surface area contributed by atoms with Crippen molar-refractivity contribution in [3.8, 4) is 28.5 Å². The first-order chi connectivity index (χ1) is 10.6. The van der Waals surface area contributed by atoms with E-state index in [-0.39, 0.29) is 22.5 Å². The van der Waals surface area contributed by atoms with Gasteiger partial charge in [-0.15, -0.1) is 0 Å². The molecule has 1 aromatic carbocycles. The van der Waals surface area contributed by atoms with Gasteiger partial charge in [-0.05, 0) is 30.3 Å². The van der Waals surface area contributed by atoms with E-state index in [0.717, 1.165) is 23.8 Å². The Hall–Kier alpha value is -3.20. The van der Waals surface area contributed by atoms with E-state index in [1.54, 1.807) is 18.5 Å². The maximum Gasteiger partial charge on any atom is 0.142 e. The Balaban J connectivity index is 2.30. The van der Waals surface area contributed by atoms with Gasteiger partial charge in [0.25, 0.3) is 0 Å². The minimum Gasteiger partial charge on any atom is -0.383 e. The van der Waals surface area contributed by atoms with Gasteiger partial charge in [0.1, 0.15) is 29.1 Å². The van der Waals surface area contributed by atoms with Crippen LogP contribution in [0.15, 0.2) is 42.7 Å². The van der Waals surface area contributed by atoms with E-state index in [9.17, 15) is 14.0 Å². The van der Waals surface area contributed by atoms with Crippen LogP contribution in [-0.2, 0) is 0 Å². The molecule has 0 spiro atoms. The Morgan fingerprint density at radius 2 is 1.95 bits per heavy atom. The number of nitrogens with one attached hydrogen (secondary N) is 1. The number of rotatable bonds is 2. The van der Waals surface area contributed by atoms with Crippen molar-refractivity contribution in [1.82, 2.24) is 9.97 Å². The highest BCUT2D eigenvalue weighted by Gasteiger charge is 2.17. The molecule has 0 saturated heterocycles. The third-order valence-corrected chi connectivity index (χ3v) is 3.27. The van der Waals surface area contributed by atoms with Gasteiger partial charge in [-0.2, -0.15) is 5.26 Å². The number of halogens is 2. The summed E-state index contributed by atoms with van der Waals surface area (Å²) >= 11 is 0. The lowest BCUT2D eigenvalue weighted by molar-refractivity contribution is 0.603. The second-order valence-corrected chi connectivity index (χ2v) is 4.65. The number of aromatic nitrogens is 2. The summed E-state index contributed by atoms with van der Waals surface area (Å²) in [7, 11) is 0. The van der Waals surface area contributed by atoms with Crippen LogP contribution < -0.4 is 5.73 Å². The number of aromatic amines is 1. The molecule has 0 bridgehead atoms. The zero-order valence-electron chi connectivity index (χ0n) is 11.3. The van der Waals surface area contributed by atoms with Crippen LogP contribution in [-0.4, -0.2) is 9.97 Å². The maximum atomic E-state index is 14.0. The van der Waals surface area contributed by atoms with Gasteiger partial charge in [-0.1, -0.05) is 0 Å². The molecule has 3 N–H and O–H groups in total. The zero-order chi connectivity index (χ0) is 15.7. The first-order valence-corrected chi connectivity index (χ1v) is 6.39. The summed E-state index contributed by atoms with van der Waals surface area (Å²) in [6.07, 6.45) is 3.40. The van der Waals surface area contributed by atoms with Crippen LogP contribution in [0.25, 0.3) is 22.4 Å². The quantitative estimate of drug-likeness (QED) is 0.760. The van der Waals surface area contributed by atoms with Crippen LogP contribution in [0.3, 0.4) is 0 Å². The number of nitriles is 1. The average molecular weight is 296 g/mol. The summed E-state index contributed by atoms with van der Waals surface area (Å²) in [5, 5.41) is 9.25. The normalized spacial score (nSPS) is 10.4. The molecule has 0 aliphatic carbocycles. The van der Waals surface area contributed by atoms with E-state index in [4.69, 9.17) is 5.73 Å². The molecule has 0 aliphatic rings. The fraction of sp³-hybridized carbons (Fsp3) is 0. The van der Waals surface area contributed by atoms with Crippen molar-refractivity contribution in [1.29, 1.82) is 5.26 Å². The number of nitrogen functional groups attached to an aromatic ring is 1. The topological polar surface area (TPSA) is 78.5 Å². The van der Waals surface area contributed by atoms with Crippen LogP contribution in [0, 0.1) is 23.0 Å². The molecule has 0 radical (unpaired) electrons. The molecule has 3 rings (SSSR count). The molecule has 3 aromatic rings. The zero-order valence-corrected chi connectivity index (χ0v) is 11.3. The van der Waals surface area contributed by atoms with Gasteiger partial charge in [-0.25, -0.2) is 13.8 Å². The van der Waals surface area contributed by atoms with E-state index in [2.05, 4.69) is 9.97 Å². The summed E-state index contributed by atoms with van der Waals surface area (Å²) in [4.78, 5) is 7.02. The van der Waals surface area contributed by atoms with Crippen LogP contribution in [0.4, 0.5) is 14.6 Å². The lowest BCUT2D eigenvalue weighted by Crippen LogP contribution is -2.00. The molecule has 0 unspecified atom stereocenters. The largest absolute Gasteiger partial charge is 0.383 e. The minimum absolute atomic E-state index is 0.0174. The predicted molar refractivity (Wildman–Crippen MR) is 78.5 cm³/mol. The number of nitrogens with two attached hydrogens (primary N) is 1. The van der Waals surface area contributed by atoms with Crippen molar-refractivity contribution < 1.29 is 8.78 Å². The lowest BCUT2D eigenvalue weighted by atomic mass is 9.98. The Bertz CT molecular complexity index is 880. The first kappa shape index (κ1) is 13.8. The molecule has 6 heteroatoms. The minimum atomic E-state index is -0.636. The molecule has 108 valence electrons. The van der Waals surface area contributed by atoms with E-state index >= 15 is 0 Å². The molecule has 0 saturated carbocycles. The lowest BCUT2D eigenvalue weighted by Gasteiger charge is -2.10. The van der Waals surface area contributed by atoms with E-state index in [1.165, 1.54) is 6.07 Å². The molecule has 0 aliphatic heterocycles. The number of hydrogen-bond acceptors (Lipinski definition) is 3. The molecule has 2 heterocycles. The third-order valence-electron chi connectivity index (χ3n) is 3.27. The Kier molecular flexibility index (Phi) is 3.31. The number of H-pyrrole nitrogens is 1. The highest BCUT2D eigenvalue weighted by molar-refractivity contribution is 5.80. The van der Waals surface area contributed by atoms with Crippen molar-refractivity contribution in [2.24, 2.45) is 0 Å². The van der Waals surface area contributed by atoms with E-state index in [1.807, 2.05) is 6.07 Å². The highest BCUT2D eigenvalue weighted by Crippen LogP contribution is 2.32. The molecule has 22 heavy (non-hydrogen) atoms. The van der Waals surface area contributed by atoms with Crippen LogP contribution in [0.2, 0.25) is 0 Å². The molecule has 0 atom stereocenters. The Labute approximate surface area is 124 Å². The van der Waals surface area contributed by atoms with Crippen molar-refractivity contribution in [3.05, 3.63) is 59.9 Å². The second-order valence-electron chi connectivity index (χ2n) is 4.65. The van der Waals surface area contributed by atoms with Crippen molar-refractivity contribution in [2.45, 2.75) is 0 Å². The Morgan fingerprint density at radius 3 is 2.64 bits per heavy atom.